The molecule has 37 heavy (non-hydrogen) atoms. The Kier molecular flexibility index (Phi) is 6.57. The number of imide groups is 1. The number of aromatic nitrogens is 3. The van der Waals surface area contributed by atoms with Gasteiger partial charge < -0.3 is 9.47 Å². The second-order valence-corrected chi connectivity index (χ2v) is 8.90. The summed E-state index contributed by atoms with van der Waals surface area (Å²) in [5.41, 5.74) is -0.342. The number of carbonyl (C=O) groups excluding carboxylic acids is 2. The van der Waals surface area contributed by atoms with Crippen LogP contribution in [0.1, 0.15) is 38.2 Å². The van der Waals surface area contributed by atoms with E-state index < -0.39 is 23.7 Å². The number of pyridine rings is 1. The van der Waals surface area contributed by atoms with E-state index in [0.29, 0.717) is 55.6 Å². The third kappa shape index (κ3) is 5.00. The minimum atomic E-state index is -4.60. The van der Waals surface area contributed by atoms with Crippen molar-refractivity contribution in [1.82, 2.24) is 19.9 Å². The molecule has 1 aliphatic heterocycles. The predicted octanol–water partition coefficient (Wildman–Crippen LogP) is 4.60. The van der Waals surface area contributed by atoms with Gasteiger partial charge in [-0.05, 0) is 50.8 Å². The summed E-state index contributed by atoms with van der Waals surface area (Å²) in [6, 6.07) is 5.33. The normalized spacial score (nSPS) is 20.5. The van der Waals surface area contributed by atoms with Crippen molar-refractivity contribution in [3.8, 4) is 11.6 Å². The molecule has 1 aliphatic carbocycles. The van der Waals surface area contributed by atoms with Crippen LogP contribution in [0.5, 0.6) is 11.6 Å². The second-order valence-electron chi connectivity index (χ2n) is 8.90. The average Bonchev–Trinajstić information content (AvgIpc) is 3.18. The molecule has 2 aliphatic rings. The van der Waals surface area contributed by atoms with Crippen molar-refractivity contribution in [2.75, 3.05) is 18.1 Å². The first-order valence-electron chi connectivity index (χ1n) is 11.9. The van der Waals surface area contributed by atoms with Gasteiger partial charge in [0.05, 0.1) is 35.0 Å². The number of anilines is 1. The molecular weight excluding hydrogens is 491 g/mol. The van der Waals surface area contributed by atoms with Gasteiger partial charge in [-0.1, -0.05) is 0 Å². The molecular formula is C25H24F3N5O4. The van der Waals surface area contributed by atoms with Crippen LogP contribution in [0, 0.1) is 0 Å². The van der Waals surface area contributed by atoms with Gasteiger partial charge in [0.15, 0.2) is 0 Å². The van der Waals surface area contributed by atoms with E-state index in [0.717, 1.165) is 27.4 Å². The molecule has 0 N–H and O–H groups in total. The molecule has 3 amide bonds. The molecule has 2 aromatic heterocycles. The Hall–Kier alpha value is -3.96. The molecule has 3 aromatic rings. The fraction of sp³-hybridized carbons (Fsp3) is 0.400. The van der Waals surface area contributed by atoms with Gasteiger partial charge in [-0.3, -0.25) is 19.6 Å². The zero-order valence-corrected chi connectivity index (χ0v) is 19.9. The molecule has 1 saturated heterocycles. The smallest absolute Gasteiger partial charge is 0.417 e. The van der Waals surface area contributed by atoms with E-state index in [1.807, 2.05) is 25.1 Å². The molecule has 1 aromatic carbocycles. The lowest BCUT2D eigenvalue weighted by Gasteiger charge is -2.33. The maximum atomic E-state index is 13.1. The van der Waals surface area contributed by atoms with E-state index in [1.165, 1.54) is 6.33 Å². The van der Waals surface area contributed by atoms with Crippen molar-refractivity contribution >= 4 is 28.5 Å². The highest BCUT2D eigenvalue weighted by Gasteiger charge is 2.43. The van der Waals surface area contributed by atoms with Gasteiger partial charge in [0, 0.05) is 18.3 Å². The zero-order chi connectivity index (χ0) is 26.2. The van der Waals surface area contributed by atoms with E-state index >= 15 is 0 Å². The fourth-order valence-corrected chi connectivity index (χ4v) is 4.75. The van der Waals surface area contributed by atoms with Gasteiger partial charge in [-0.25, -0.2) is 14.8 Å². The predicted molar refractivity (Wildman–Crippen MR) is 126 cm³/mol. The van der Waals surface area contributed by atoms with Crippen molar-refractivity contribution in [2.45, 2.75) is 50.9 Å². The summed E-state index contributed by atoms with van der Waals surface area (Å²) >= 11 is 0. The van der Waals surface area contributed by atoms with Crippen LogP contribution in [-0.2, 0) is 11.0 Å². The number of ether oxygens (including phenoxy) is 2. The van der Waals surface area contributed by atoms with E-state index in [-0.39, 0.29) is 24.4 Å². The first kappa shape index (κ1) is 24.7. The summed E-state index contributed by atoms with van der Waals surface area (Å²) in [7, 11) is 0. The lowest BCUT2D eigenvalue weighted by molar-refractivity contribution is -0.137. The summed E-state index contributed by atoms with van der Waals surface area (Å²) < 4.78 is 50.9. The molecule has 0 unspecified atom stereocenters. The van der Waals surface area contributed by atoms with E-state index in [1.54, 1.807) is 0 Å². The number of alkyl halides is 3. The average molecular weight is 515 g/mol. The first-order chi connectivity index (χ1) is 17.7. The van der Waals surface area contributed by atoms with Crippen molar-refractivity contribution in [2.24, 2.45) is 0 Å². The molecule has 5 rings (SSSR count). The monoisotopic (exact) mass is 515 g/mol. The van der Waals surface area contributed by atoms with Gasteiger partial charge in [0.2, 0.25) is 5.88 Å². The van der Waals surface area contributed by atoms with Crippen LogP contribution in [0.25, 0.3) is 10.9 Å². The van der Waals surface area contributed by atoms with Crippen LogP contribution in [0.15, 0.2) is 43.0 Å². The summed E-state index contributed by atoms with van der Waals surface area (Å²) in [4.78, 5) is 40.1. The first-order valence-corrected chi connectivity index (χ1v) is 11.9. The number of fused-ring (bicyclic) bond motifs is 1. The Labute approximate surface area is 210 Å². The van der Waals surface area contributed by atoms with E-state index in [9.17, 15) is 22.8 Å². The topological polar surface area (TPSA) is 97.8 Å². The quantitative estimate of drug-likeness (QED) is 0.443. The maximum Gasteiger partial charge on any atom is 0.417 e. The van der Waals surface area contributed by atoms with Crippen molar-refractivity contribution in [3.05, 3.63) is 48.5 Å². The van der Waals surface area contributed by atoms with Gasteiger partial charge in [-0.2, -0.15) is 13.2 Å². The van der Waals surface area contributed by atoms with Crippen LogP contribution in [0.3, 0.4) is 0 Å². The Bertz CT molecular complexity index is 1330. The Morgan fingerprint density at radius 2 is 1.84 bits per heavy atom. The lowest BCUT2D eigenvalue weighted by atomic mass is 9.92. The van der Waals surface area contributed by atoms with Crippen LogP contribution in [0.4, 0.5) is 23.7 Å². The van der Waals surface area contributed by atoms with Crippen LogP contribution in [0.2, 0.25) is 0 Å². The standard InChI is InChI=1S/C25H24F3N5O4/c1-2-36-19-7-8-20-21(10-19)30-14-31-23(20)37-18-5-3-16(4-6-18)33-22(34)13-32(24(33)35)17-9-15(11-29-12-17)25(26,27)28/h7-12,14,16,18H,2-6,13H2,1H3. The fourth-order valence-electron chi connectivity index (χ4n) is 4.75. The molecule has 12 heteroatoms. The van der Waals surface area contributed by atoms with Crippen molar-refractivity contribution in [1.29, 1.82) is 0 Å². The minimum absolute atomic E-state index is 0.0594. The number of halogens is 3. The number of hydrogen-bond acceptors (Lipinski definition) is 7. The second kappa shape index (κ2) is 9.83. The molecule has 0 atom stereocenters. The lowest BCUT2D eigenvalue weighted by Crippen LogP contribution is -2.44. The largest absolute Gasteiger partial charge is 0.494 e. The SMILES string of the molecule is CCOc1ccc2c(OC3CCC(N4C(=O)CN(c5cncc(C(F)(F)F)c5)C4=O)CC3)ncnc2c1. The number of benzene rings is 1. The Morgan fingerprint density at radius 1 is 1.05 bits per heavy atom. The van der Waals surface area contributed by atoms with Crippen LogP contribution in [-0.4, -0.2) is 57.1 Å². The summed E-state index contributed by atoms with van der Waals surface area (Å²) in [6.07, 6.45) is 0.666. The molecule has 9 nitrogen and oxygen atoms in total. The van der Waals surface area contributed by atoms with E-state index in [2.05, 4.69) is 15.0 Å². The van der Waals surface area contributed by atoms with Crippen LogP contribution >= 0.6 is 0 Å². The number of nitrogens with zero attached hydrogens (tertiary/aromatic N) is 5. The number of amides is 3. The molecule has 194 valence electrons. The molecule has 0 spiro atoms. The molecule has 2 fully saturated rings. The molecule has 1 saturated carbocycles. The maximum absolute atomic E-state index is 13.1. The highest BCUT2D eigenvalue weighted by Crippen LogP contribution is 2.34. The Morgan fingerprint density at radius 3 is 2.57 bits per heavy atom. The number of carbonyl (C=O) groups is 2. The third-order valence-corrected chi connectivity index (χ3v) is 6.53. The number of hydrogen-bond donors (Lipinski definition) is 0. The van der Waals surface area contributed by atoms with Crippen LogP contribution < -0.4 is 14.4 Å². The van der Waals surface area contributed by atoms with Crippen molar-refractivity contribution in [3.63, 3.8) is 0 Å². The molecule has 3 heterocycles. The summed E-state index contributed by atoms with van der Waals surface area (Å²) in [5.74, 6) is 0.710. The van der Waals surface area contributed by atoms with Gasteiger partial charge in [-0.15, -0.1) is 0 Å². The highest BCUT2D eigenvalue weighted by molar-refractivity contribution is 6.12. The van der Waals surface area contributed by atoms with Gasteiger partial charge in [0.25, 0.3) is 5.91 Å². The van der Waals surface area contributed by atoms with Gasteiger partial charge >= 0.3 is 12.2 Å². The van der Waals surface area contributed by atoms with Crippen molar-refractivity contribution < 1.29 is 32.2 Å². The Balaban J connectivity index is 1.24. The third-order valence-electron chi connectivity index (χ3n) is 6.53. The minimum Gasteiger partial charge on any atom is -0.494 e. The summed E-state index contributed by atoms with van der Waals surface area (Å²) in [5, 5.41) is 0.753. The van der Waals surface area contributed by atoms with E-state index in [4.69, 9.17) is 9.47 Å². The highest BCUT2D eigenvalue weighted by atomic mass is 19.4. The molecule has 0 bridgehead atoms. The number of urea groups is 1. The number of rotatable bonds is 6. The zero-order valence-electron chi connectivity index (χ0n) is 19.9. The van der Waals surface area contributed by atoms with Gasteiger partial charge in [0.1, 0.15) is 24.7 Å². The molecule has 0 radical (unpaired) electrons. The summed E-state index contributed by atoms with van der Waals surface area (Å²) in [6.45, 7) is 2.12.